The first-order chi connectivity index (χ1) is 22.2. The molecule has 0 bridgehead atoms. The number of hydrogen-bond acceptors (Lipinski definition) is 4. The number of rotatable bonds is 5. The van der Waals surface area contributed by atoms with Crippen LogP contribution in [0.2, 0.25) is 0 Å². The van der Waals surface area contributed by atoms with E-state index < -0.39 is 0 Å². The van der Waals surface area contributed by atoms with Gasteiger partial charge in [0.15, 0.2) is 0 Å². The number of benzene rings is 5. The zero-order valence-electron chi connectivity index (χ0n) is 24.7. The minimum absolute atomic E-state index is 0. The van der Waals surface area contributed by atoms with Crippen molar-refractivity contribution in [2.24, 2.45) is 7.05 Å². The summed E-state index contributed by atoms with van der Waals surface area (Å²) >= 11 is 1.82. The summed E-state index contributed by atoms with van der Waals surface area (Å²) in [5.74, 6) is 1.73. The van der Waals surface area contributed by atoms with Crippen LogP contribution in [0.25, 0.3) is 59.2 Å². The smallest absolute Gasteiger partial charge is 0.373 e. The third kappa shape index (κ3) is 4.48. The Hall–Kier alpha value is -5.03. The number of fused-ring (bicyclic) bond motifs is 6. The van der Waals surface area contributed by atoms with Crippen molar-refractivity contribution in [3.05, 3.63) is 146 Å². The van der Waals surface area contributed by atoms with Crippen molar-refractivity contribution in [1.82, 2.24) is 19.1 Å². The molecular weight excluding hydrogens is 766 g/mol. The Kier molecular flexibility index (Phi) is 7.05. The fraction of sp³-hybridized carbons (Fsp3) is 0.0256. The van der Waals surface area contributed by atoms with Gasteiger partial charge in [0.2, 0.25) is 0 Å². The minimum atomic E-state index is 0. The number of pyridine rings is 1. The average molecular weight is 791 g/mol. The zero-order chi connectivity index (χ0) is 29.9. The monoisotopic (exact) mass is 790 g/mol. The molecule has 0 amide bonds. The van der Waals surface area contributed by atoms with Gasteiger partial charge in [-0.05, 0) is 41.4 Å². The molecule has 0 N–H and O–H groups in total. The van der Waals surface area contributed by atoms with Gasteiger partial charge in [0.1, 0.15) is 5.82 Å². The number of hydrogen-bond donors (Lipinski definition) is 0. The Bertz CT molecular complexity index is 2530. The van der Waals surface area contributed by atoms with Gasteiger partial charge in [0, 0.05) is 46.6 Å². The van der Waals surface area contributed by atoms with E-state index >= 15 is 0 Å². The van der Waals surface area contributed by atoms with E-state index in [1.54, 1.807) is 0 Å². The van der Waals surface area contributed by atoms with E-state index in [1.807, 2.05) is 59.7 Å². The van der Waals surface area contributed by atoms with Crippen molar-refractivity contribution in [1.29, 1.82) is 0 Å². The molecule has 0 saturated carbocycles. The molecule has 7 heteroatoms. The number of imidazole rings is 1. The molecule has 0 aliphatic heterocycles. The Labute approximate surface area is 284 Å². The van der Waals surface area contributed by atoms with Gasteiger partial charge < -0.3 is 14.0 Å². The van der Waals surface area contributed by atoms with Crippen LogP contribution >= 0.6 is 11.3 Å². The van der Waals surface area contributed by atoms with Gasteiger partial charge in [-0.2, -0.15) is 6.07 Å². The second-order valence-electron chi connectivity index (χ2n) is 11.0. The minimum Gasteiger partial charge on any atom is -0.373 e. The normalized spacial score (nSPS) is 11.4. The number of anilines is 3. The Balaban J connectivity index is 0.00000312. The van der Waals surface area contributed by atoms with E-state index in [-0.39, 0.29) is 21.1 Å². The summed E-state index contributed by atoms with van der Waals surface area (Å²) in [4.78, 5) is 11.6. The van der Waals surface area contributed by atoms with E-state index in [4.69, 9.17) is 4.98 Å². The maximum absolute atomic E-state index is 4.74. The number of nitrogens with zero attached hydrogens (tertiary/aromatic N) is 5. The molecule has 4 heterocycles. The van der Waals surface area contributed by atoms with Crippen LogP contribution in [0.4, 0.5) is 17.1 Å². The molecule has 0 atom stereocenters. The predicted molar refractivity (Wildman–Crippen MR) is 186 cm³/mol. The van der Waals surface area contributed by atoms with Gasteiger partial charge in [-0.3, -0.25) is 4.98 Å². The summed E-state index contributed by atoms with van der Waals surface area (Å²) in [5.41, 5.74) is 5.91. The van der Waals surface area contributed by atoms with Crippen molar-refractivity contribution < 1.29 is 21.1 Å². The summed E-state index contributed by atoms with van der Waals surface area (Å²) in [7, 11) is 2.01. The van der Waals surface area contributed by atoms with Crippen molar-refractivity contribution in [2.75, 3.05) is 4.90 Å². The zero-order valence-corrected chi connectivity index (χ0v) is 27.8. The standard InChI is InChI=1S/C39H25N5S.Pt/c1-42-23-22-41-39(42)26-10-8-11-27(24-26)43(34-16-9-14-32-31-13-3-5-17-36(31)45-38(32)34)28-19-20-30-29-12-2-4-15-33(29)44(35(30)25-28)37-18-6-7-21-40-37;/h2-23H,1H3;/q-2;+2. The van der Waals surface area contributed by atoms with E-state index in [0.29, 0.717) is 0 Å². The molecule has 0 saturated heterocycles. The molecule has 4 aromatic heterocycles. The second-order valence-corrected chi connectivity index (χ2v) is 12.1. The molecule has 0 fully saturated rings. The van der Waals surface area contributed by atoms with Gasteiger partial charge in [0.05, 0.1) is 16.2 Å². The maximum Gasteiger partial charge on any atom is 2.00 e. The largest absolute Gasteiger partial charge is 2.00 e. The summed E-state index contributed by atoms with van der Waals surface area (Å²) < 4.78 is 6.71. The summed E-state index contributed by atoms with van der Waals surface area (Å²) in [6, 6.07) is 47.9. The maximum atomic E-state index is 4.74. The van der Waals surface area contributed by atoms with E-state index in [0.717, 1.165) is 50.7 Å². The van der Waals surface area contributed by atoms with Crippen molar-refractivity contribution in [2.45, 2.75) is 0 Å². The molecule has 222 valence electrons. The summed E-state index contributed by atoms with van der Waals surface area (Å²) in [5, 5.41) is 4.80. The van der Waals surface area contributed by atoms with Crippen molar-refractivity contribution in [3.8, 4) is 17.2 Å². The Morgan fingerprint density at radius 1 is 0.652 bits per heavy atom. The first kappa shape index (κ1) is 28.4. The van der Waals surface area contributed by atoms with E-state index in [9.17, 15) is 0 Å². The van der Waals surface area contributed by atoms with Gasteiger partial charge in [-0.1, -0.05) is 65.8 Å². The SMILES string of the molecule is Cn1ccnc1-c1[c-]c(N(c2[c-]c3c(cc2)c2ccccc2n3-c2ccccn2)c2cccc3c2sc2ccccc23)ccc1.[Pt+2]. The van der Waals surface area contributed by atoms with E-state index in [2.05, 4.69) is 124 Å². The summed E-state index contributed by atoms with van der Waals surface area (Å²) in [6.45, 7) is 0. The number of aromatic nitrogens is 4. The van der Waals surface area contributed by atoms with Crippen LogP contribution in [0, 0.1) is 12.1 Å². The first-order valence-electron chi connectivity index (χ1n) is 14.8. The van der Waals surface area contributed by atoms with Crippen molar-refractivity contribution >= 4 is 70.4 Å². The molecule has 0 radical (unpaired) electrons. The molecule has 0 unspecified atom stereocenters. The third-order valence-corrected chi connectivity index (χ3v) is 9.60. The molecular formula is C39H25N5PtS. The van der Waals surface area contributed by atoms with Crippen molar-refractivity contribution in [3.63, 3.8) is 0 Å². The van der Waals surface area contributed by atoms with Crippen LogP contribution in [-0.2, 0) is 28.1 Å². The Morgan fingerprint density at radius 3 is 2.28 bits per heavy atom. The molecule has 0 aliphatic rings. The second kappa shape index (κ2) is 11.4. The van der Waals surface area contributed by atoms with Crippen LogP contribution in [0.15, 0.2) is 134 Å². The van der Waals surface area contributed by atoms with Crippen LogP contribution in [0.5, 0.6) is 0 Å². The molecule has 0 spiro atoms. The quantitative estimate of drug-likeness (QED) is 0.163. The molecule has 46 heavy (non-hydrogen) atoms. The molecule has 0 aliphatic carbocycles. The molecule has 5 aromatic carbocycles. The topological polar surface area (TPSA) is 38.9 Å². The average Bonchev–Trinajstić information content (AvgIpc) is 3.79. The number of aryl methyl sites for hydroxylation is 1. The summed E-state index contributed by atoms with van der Waals surface area (Å²) in [6.07, 6.45) is 5.62. The Morgan fingerprint density at radius 2 is 1.43 bits per heavy atom. The third-order valence-electron chi connectivity index (χ3n) is 8.39. The van der Waals surface area contributed by atoms with E-state index in [1.165, 1.54) is 25.6 Å². The van der Waals surface area contributed by atoms with Crippen LogP contribution < -0.4 is 4.90 Å². The van der Waals surface area contributed by atoms with Gasteiger partial charge in [0.25, 0.3) is 0 Å². The van der Waals surface area contributed by atoms with Crippen LogP contribution in [0.3, 0.4) is 0 Å². The molecule has 5 nitrogen and oxygen atoms in total. The predicted octanol–water partition coefficient (Wildman–Crippen LogP) is 10.0. The fourth-order valence-electron chi connectivity index (χ4n) is 6.38. The fourth-order valence-corrected chi connectivity index (χ4v) is 7.58. The van der Waals surface area contributed by atoms with Crippen LogP contribution in [0.1, 0.15) is 0 Å². The van der Waals surface area contributed by atoms with Crippen LogP contribution in [-0.4, -0.2) is 19.1 Å². The van der Waals surface area contributed by atoms with Gasteiger partial charge >= 0.3 is 21.1 Å². The number of para-hydroxylation sites is 1. The van der Waals surface area contributed by atoms with Gasteiger partial charge in [-0.15, -0.1) is 58.7 Å². The van der Waals surface area contributed by atoms with Gasteiger partial charge in [-0.25, -0.2) is 4.98 Å². The molecule has 9 aromatic rings. The molecule has 9 rings (SSSR count). The first-order valence-corrected chi connectivity index (χ1v) is 15.6. The number of thiophene rings is 1.